The van der Waals surface area contributed by atoms with E-state index in [1.807, 2.05) is 6.07 Å². The van der Waals surface area contributed by atoms with E-state index in [0.29, 0.717) is 0 Å². The van der Waals surface area contributed by atoms with E-state index < -0.39 is 0 Å². The van der Waals surface area contributed by atoms with Crippen molar-refractivity contribution in [3.05, 3.63) is 35.9 Å². The standard InChI is InChI=1S/C13H21N3/c1-15-8-9-16(2)13(14,11-15)10-12-6-4-3-5-7-12/h3-7H,8-11,14H2,1-2H3. The molecule has 2 rings (SSSR count). The van der Waals surface area contributed by atoms with Crippen molar-refractivity contribution >= 4 is 0 Å². The second kappa shape index (κ2) is 4.53. The highest BCUT2D eigenvalue weighted by Gasteiger charge is 2.34. The largest absolute Gasteiger partial charge is 0.312 e. The summed E-state index contributed by atoms with van der Waals surface area (Å²) in [5.74, 6) is 0. The molecule has 1 aromatic carbocycles. The fourth-order valence-electron chi connectivity index (χ4n) is 2.35. The Morgan fingerprint density at radius 2 is 1.88 bits per heavy atom. The van der Waals surface area contributed by atoms with Crippen molar-refractivity contribution in [2.24, 2.45) is 5.73 Å². The third kappa shape index (κ3) is 2.43. The topological polar surface area (TPSA) is 32.5 Å². The van der Waals surface area contributed by atoms with Crippen LogP contribution in [0, 0.1) is 0 Å². The molecule has 0 radical (unpaired) electrons. The normalized spacial score (nSPS) is 28.2. The Kier molecular flexibility index (Phi) is 3.28. The Hall–Kier alpha value is -0.900. The first-order valence-electron chi connectivity index (χ1n) is 5.83. The molecule has 16 heavy (non-hydrogen) atoms. The van der Waals surface area contributed by atoms with E-state index >= 15 is 0 Å². The Labute approximate surface area is 97.8 Å². The van der Waals surface area contributed by atoms with Gasteiger partial charge < -0.3 is 10.6 Å². The molecule has 1 aliphatic rings. The van der Waals surface area contributed by atoms with Crippen LogP contribution in [0.2, 0.25) is 0 Å². The van der Waals surface area contributed by atoms with E-state index in [4.69, 9.17) is 5.73 Å². The van der Waals surface area contributed by atoms with Gasteiger partial charge in [-0.15, -0.1) is 0 Å². The van der Waals surface area contributed by atoms with E-state index in [1.165, 1.54) is 5.56 Å². The maximum atomic E-state index is 6.51. The minimum absolute atomic E-state index is 0.228. The Bertz CT molecular complexity index is 338. The number of likely N-dealkylation sites (N-methyl/N-ethyl adjacent to an activating group) is 2. The van der Waals surface area contributed by atoms with Crippen molar-refractivity contribution < 1.29 is 0 Å². The van der Waals surface area contributed by atoms with Gasteiger partial charge in [-0.25, -0.2) is 0 Å². The van der Waals surface area contributed by atoms with Crippen LogP contribution in [-0.2, 0) is 6.42 Å². The molecule has 0 spiro atoms. The van der Waals surface area contributed by atoms with E-state index in [2.05, 4.69) is 48.2 Å². The molecule has 1 heterocycles. The van der Waals surface area contributed by atoms with Gasteiger partial charge in [0.05, 0.1) is 5.66 Å². The molecule has 3 heteroatoms. The molecule has 1 atom stereocenters. The Morgan fingerprint density at radius 1 is 1.19 bits per heavy atom. The van der Waals surface area contributed by atoms with E-state index in [1.54, 1.807) is 0 Å². The maximum Gasteiger partial charge on any atom is 0.0857 e. The third-order valence-corrected chi connectivity index (χ3v) is 3.47. The van der Waals surface area contributed by atoms with Crippen molar-refractivity contribution in [2.45, 2.75) is 12.1 Å². The molecule has 0 bridgehead atoms. The van der Waals surface area contributed by atoms with Gasteiger partial charge in [0.15, 0.2) is 0 Å². The zero-order valence-corrected chi connectivity index (χ0v) is 10.2. The SMILES string of the molecule is CN1CCN(C)C(N)(Cc2ccccc2)C1. The lowest BCUT2D eigenvalue weighted by atomic mass is 9.96. The predicted molar refractivity (Wildman–Crippen MR) is 67.2 cm³/mol. The van der Waals surface area contributed by atoms with E-state index in [9.17, 15) is 0 Å². The van der Waals surface area contributed by atoms with Gasteiger partial charge in [-0.3, -0.25) is 4.90 Å². The second-order valence-electron chi connectivity index (χ2n) is 4.93. The molecule has 1 unspecified atom stereocenters. The fourth-order valence-corrected chi connectivity index (χ4v) is 2.35. The smallest absolute Gasteiger partial charge is 0.0857 e. The first-order valence-corrected chi connectivity index (χ1v) is 5.83. The third-order valence-electron chi connectivity index (χ3n) is 3.47. The lowest BCUT2D eigenvalue weighted by molar-refractivity contribution is 0.0315. The minimum Gasteiger partial charge on any atom is -0.312 e. The number of hydrogen-bond acceptors (Lipinski definition) is 3. The van der Waals surface area contributed by atoms with Crippen LogP contribution >= 0.6 is 0 Å². The van der Waals surface area contributed by atoms with Crippen molar-refractivity contribution in [1.82, 2.24) is 9.80 Å². The second-order valence-corrected chi connectivity index (χ2v) is 4.93. The first kappa shape index (κ1) is 11.6. The monoisotopic (exact) mass is 219 g/mol. The summed E-state index contributed by atoms with van der Waals surface area (Å²) >= 11 is 0. The lowest BCUT2D eigenvalue weighted by Crippen LogP contribution is -2.66. The zero-order chi connectivity index (χ0) is 11.6. The summed E-state index contributed by atoms with van der Waals surface area (Å²) in [6.07, 6.45) is 0.911. The first-order chi connectivity index (χ1) is 7.60. The van der Waals surface area contributed by atoms with Gasteiger partial charge in [0.1, 0.15) is 0 Å². The zero-order valence-electron chi connectivity index (χ0n) is 10.2. The van der Waals surface area contributed by atoms with Crippen LogP contribution in [0.1, 0.15) is 5.56 Å². The number of piperazine rings is 1. The van der Waals surface area contributed by atoms with E-state index in [0.717, 1.165) is 26.1 Å². The van der Waals surface area contributed by atoms with Crippen LogP contribution in [0.15, 0.2) is 30.3 Å². The average molecular weight is 219 g/mol. The molecule has 88 valence electrons. The fraction of sp³-hybridized carbons (Fsp3) is 0.538. The van der Waals surface area contributed by atoms with Crippen LogP contribution < -0.4 is 5.73 Å². The van der Waals surface area contributed by atoms with Gasteiger partial charge in [-0.1, -0.05) is 30.3 Å². The molecule has 1 aromatic rings. The van der Waals surface area contributed by atoms with Crippen molar-refractivity contribution in [3.63, 3.8) is 0 Å². The molecule has 0 aliphatic carbocycles. The number of rotatable bonds is 2. The van der Waals surface area contributed by atoms with Crippen LogP contribution in [0.3, 0.4) is 0 Å². The summed E-state index contributed by atoms with van der Waals surface area (Å²) < 4.78 is 0. The van der Waals surface area contributed by atoms with Gasteiger partial charge >= 0.3 is 0 Å². The summed E-state index contributed by atoms with van der Waals surface area (Å²) in [5, 5.41) is 0. The number of nitrogens with two attached hydrogens (primary N) is 1. The van der Waals surface area contributed by atoms with Crippen LogP contribution in [-0.4, -0.2) is 49.2 Å². The molecule has 0 amide bonds. The Balaban J connectivity index is 2.12. The minimum atomic E-state index is -0.228. The highest BCUT2D eigenvalue weighted by atomic mass is 15.3. The predicted octanol–water partition coefficient (Wildman–Crippen LogP) is 0.761. The van der Waals surface area contributed by atoms with Crippen molar-refractivity contribution in [1.29, 1.82) is 0 Å². The Morgan fingerprint density at radius 3 is 2.56 bits per heavy atom. The molecule has 2 N–H and O–H groups in total. The molecule has 1 saturated heterocycles. The van der Waals surface area contributed by atoms with Crippen LogP contribution in [0.25, 0.3) is 0 Å². The van der Waals surface area contributed by atoms with Crippen molar-refractivity contribution in [3.8, 4) is 0 Å². The maximum absolute atomic E-state index is 6.51. The summed E-state index contributed by atoms with van der Waals surface area (Å²) in [7, 11) is 4.26. The molecular weight excluding hydrogens is 198 g/mol. The number of nitrogens with zero attached hydrogens (tertiary/aromatic N) is 2. The number of benzene rings is 1. The van der Waals surface area contributed by atoms with Gasteiger partial charge in [-0.2, -0.15) is 0 Å². The molecule has 3 nitrogen and oxygen atoms in total. The average Bonchev–Trinajstić information content (AvgIpc) is 2.25. The van der Waals surface area contributed by atoms with Gasteiger partial charge in [0.25, 0.3) is 0 Å². The summed E-state index contributed by atoms with van der Waals surface area (Å²) in [6.45, 7) is 3.07. The molecule has 0 aromatic heterocycles. The quantitative estimate of drug-likeness (QED) is 0.797. The molecule has 0 saturated carbocycles. The highest BCUT2D eigenvalue weighted by molar-refractivity contribution is 5.18. The summed E-state index contributed by atoms with van der Waals surface area (Å²) in [5.41, 5.74) is 7.59. The molecule has 1 fully saturated rings. The van der Waals surface area contributed by atoms with Gasteiger partial charge in [-0.05, 0) is 19.7 Å². The van der Waals surface area contributed by atoms with Gasteiger partial charge in [0, 0.05) is 26.1 Å². The highest BCUT2D eigenvalue weighted by Crippen LogP contribution is 2.19. The molecule has 1 aliphatic heterocycles. The molecular formula is C13H21N3. The van der Waals surface area contributed by atoms with Crippen LogP contribution in [0.5, 0.6) is 0 Å². The van der Waals surface area contributed by atoms with E-state index in [-0.39, 0.29) is 5.66 Å². The number of hydrogen-bond donors (Lipinski definition) is 1. The summed E-state index contributed by atoms with van der Waals surface area (Å²) in [4.78, 5) is 4.59. The van der Waals surface area contributed by atoms with Crippen LogP contribution in [0.4, 0.5) is 0 Å². The summed E-state index contributed by atoms with van der Waals surface area (Å²) in [6, 6.07) is 10.5. The lowest BCUT2D eigenvalue weighted by Gasteiger charge is -2.46. The van der Waals surface area contributed by atoms with Gasteiger partial charge in [0.2, 0.25) is 0 Å². The van der Waals surface area contributed by atoms with Crippen molar-refractivity contribution in [2.75, 3.05) is 33.7 Å².